The maximum atomic E-state index is 12.6. The average Bonchev–Trinajstić information content (AvgIpc) is 3.24. The first-order chi connectivity index (χ1) is 14.1. The number of nitrogens with one attached hydrogen (secondary N) is 1. The van der Waals surface area contributed by atoms with E-state index in [0.717, 1.165) is 24.8 Å². The summed E-state index contributed by atoms with van der Waals surface area (Å²) in [7, 11) is 0. The summed E-state index contributed by atoms with van der Waals surface area (Å²) in [4.78, 5) is 40.6. The van der Waals surface area contributed by atoms with E-state index in [9.17, 15) is 14.4 Å². The van der Waals surface area contributed by atoms with Gasteiger partial charge in [0.05, 0.1) is 0 Å². The van der Waals surface area contributed by atoms with E-state index < -0.39 is 0 Å². The van der Waals surface area contributed by atoms with Gasteiger partial charge in [-0.05, 0) is 42.5 Å². The summed E-state index contributed by atoms with van der Waals surface area (Å²) in [5, 5.41) is 2.93. The van der Waals surface area contributed by atoms with Crippen molar-refractivity contribution in [3.05, 3.63) is 71.3 Å². The molecule has 1 atom stereocenters. The Hall–Kier alpha value is -3.15. The van der Waals surface area contributed by atoms with E-state index in [2.05, 4.69) is 5.32 Å². The van der Waals surface area contributed by atoms with Crippen molar-refractivity contribution in [1.82, 2.24) is 15.1 Å². The Kier molecular flexibility index (Phi) is 5.60. The zero-order valence-electron chi connectivity index (χ0n) is 16.3. The number of rotatable bonds is 6. The van der Waals surface area contributed by atoms with Gasteiger partial charge in [-0.1, -0.05) is 42.5 Å². The molecular weight excluding hydrogens is 366 g/mol. The number of carbonyl (C=O) groups excluding carboxylic acids is 3. The monoisotopic (exact) mass is 391 g/mol. The van der Waals surface area contributed by atoms with Crippen LogP contribution in [0.3, 0.4) is 0 Å². The molecule has 0 aromatic heterocycles. The zero-order valence-corrected chi connectivity index (χ0v) is 16.3. The quantitative estimate of drug-likeness (QED) is 0.819. The van der Waals surface area contributed by atoms with Gasteiger partial charge in [0.25, 0.3) is 5.91 Å². The van der Waals surface area contributed by atoms with E-state index in [0.29, 0.717) is 25.2 Å². The molecule has 2 saturated heterocycles. The summed E-state index contributed by atoms with van der Waals surface area (Å²) in [5.74, 6) is -0.0512. The van der Waals surface area contributed by atoms with Crippen LogP contribution >= 0.6 is 0 Å². The van der Waals surface area contributed by atoms with Crippen molar-refractivity contribution in [3.63, 3.8) is 0 Å². The van der Waals surface area contributed by atoms with Crippen molar-refractivity contribution in [3.8, 4) is 0 Å². The average molecular weight is 391 g/mol. The summed E-state index contributed by atoms with van der Waals surface area (Å²) in [5.41, 5.74) is 2.69. The number of benzene rings is 2. The number of nitrogens with zero attached hydrogens (tertiary/aromatic N) is 2. The molecule has 0 bridgehead atoms. The van der Waals surface area contributed by atoms with Crippen LogP contribution in [-0.2, 0) is 22.6 Å². The summed E-state index contributed by atoms with van der Waals surface area (Å²) >= 11 is 0. The molecule has 0 unspecified atom stereocenters. The van der Waals surface area contributed by atoms with E-state index in [1.54, 1.807) is 21.9 Å². The van der Waals surface area contributed by atoms with Crippen LogP contribution in [0.25, 0.3) is 0 Å². The molecule has 4 rings (SSSR count). The van der Waals surface area contributed by atoms with Gasteiger partial charge in [-0.25, -0.2) is 0 Å². The minimum atomic E-state index is -0.286. The van der Waals surface area contributed by atoms with Crippen molar-refractivity contribution < 1.29 is 14.4 Å². The summed E-state index contributed by atoms with van der Waals surface area (Å²) < 4.78 is 0. The number of hydrogen-bond acceptors (Lipinski definition) is 3. The van der Waals surface area contributed by atoms with Crippen LogP contribution in [0.4, 0.5) is 0 Å². The normalized spacial score (nSPS) is 18.7. The highest BCUT2D eigenvalue weighted by atomic mass is 16.2. The predicted molar refractivity (Wildman–Crippen MR) is 109 cm³/mol. The van der Waals surface area contributed by atoms with Crippen LogP contribution in [-0.4, -0.2) is 53.2 Å². The lowest BCUT2D eigenvalue weighted by molar-refractivity contribution is -0.154. The molecule has 3 amide bonds. The molecule has 6 nitrogen and oxygen atoms in total. The fourth-order valence-corrected chi connectivity index (χ4v) is 4.05. The number of amides is 3. The van der Waals surface area contributed by atoms with Gasteiger partial charge in [0.15, 0.2) is 0 Å². The molecule has 1 N–H and O–H groups in total. The van der Waals surface area contributed by atoms with Crippen molar-refractivity contribution in [2.75, 3.05) is 19.6 Å². The second kappa shape index (κ2) is 8.47. The third-order valence-corrected chi connectivity index (χ3v) is 5.63. The Morgan fingerprint density at radius 3 is 2.52 bits per heavy atom. The second-order valence-corrected chi connectivity index (χ2v) is 7.63. The van der Waals surface area contributed by atoms with Gasteiger partial charge in [-0.15, -0.1) is 0 Å². The summed E-state index contributed by atoms with van der Waals surface area (Å²) in [6.45, 7) is 1.80. The highest BCUT2D eigenvalue weighted by Crippen LogP contribution is 2.24. The third kappa shape index (κ3) is 4.31. The molecule has 2 heterocycles. The van der Waals surface area contributed by atoms with Crippen LogP contribution in [0.1, 0.15) is 34.3 Å². The molecule has 0 radical (unpaired) electrons. The molecule has 6 heteroatoms. The number of piperazine rings is 1. The Morgan fingerprint density at radius 1 is 1.00 bits per heavy atom. The first kappa shape index (κ1) is 19.2. The lowest BCUT2D eigenvalue weighted by atomic mass is 10.1. The Bertz CT molecular complexity index is 895. The zero-order chi connectivity index (χ0) is 20.2. The fourth-order valence-electron chi connectivity index (χ4n) is 4.05. The van der Waals surface area contributed by atoms with Gasteiger partial charge in [-0.3, -0.25) is 14.4 Å². The van der Waals surface area contributed by atoms with Crippen LogP contribution in [0, 0.1) is 0 Å². The largest absolute Gasteiger partial charge is 0.352 e. The van der Waals surface area contributed by atoms with Crippen molar-refractivity contribution >= 4 is 17.7 Å². The number of fused-ring (bicyclic) bond motifs is 1. The molecule has 0 saturated carbocycles. The van der Waals surface area contributed by atoms with Crippen molar-refractivity contribution in [2.24, 2.45) is 0 Å². The lowest BCUT2D eigenvalue weighted by Gasteiger charge is -2.36. The van der Waals surface area contributed by atoms with E-state index in [1.807, 2.05) is 42.5 Å². The van der Waals surface area contributed by atoms with E-state index in [4.69, 9.17) is 0 Å². The minimum Gasteiger partial charge on any atom is -0.352 e. The maximum absolute atomic E-state index is 12.6. The van der Waals surface area contributed by atoms with Gasteiger partial charge < -0.3 is 15.1 Å². The van der Waals surface area contributed by atoms with Crippen molar-refractivity contribution in [2.45, 2.75) is 31.8 Å². The molecule has 2 aliphatic heterocycles. The lowest BCUT2D eigenvalue weighted by Crippen LogP contribution is -2.56. The molecule has 29 heavy (non-hydrogen) atoms. The van der Waals surface area contributed by atoms with E-state index in [-0.39, 0.29) is 30.3 Å². The molecule has 2 aromatic carbocycles. The highest BCUT2D eigenvalue weighted by molar-refractivity contribution is 5.95. The molecule has 2 aromatic rings. The first-order valence-electron chi connectivity index (χ1n) is 10.1. The Morgan fingerprint density at radius 2 is 1.76 bits per heavy atom. The van der Waals surface area contributed by atoms with Gasteiger partial charge in [0.1, 0.15) is 12.6 Å². The second-order valence-electron chi connectivity index (χ2n) is 7.63. The van der Waals surface area contributed by atoms with E-state index in [1.165, 1.54) is 5.56 Å². The fraction of sp³-hybridized carbons (Fsp3) is 0.348. The smallest absolute Gasteiger partial charge is 0.251 e. The van der Waals surface area contributed by atoms with Gasteiger partial charge >= 0.3 is 0 Å². The highest BCUT2D eigenvalue weighted by Gasteiger charge is 2.41. The van der Waals surface area contributed by atoms with Gasteiger partial charge in [0.2, 0.25) is 11.8 Å². The summed E-state index contributed by atoms with van der Waals surface area (Å²) in [6.07, 6.45) is 2.43. The predicted octanol–water partition coefficient (Wildman–Crippen LogP) is 1.99. The van der Waals surface area contributed by atoms with E-state index >= 15 is 0 Å². The molecule has 0 spiro atoms. The number of carbonyl (C=O) groups is 3. The molecule has 0 aliphatic carbocycles. The molecule has 150 valence electrons. The van der Waals surface area contributed by atoms with Gasteiger partial charge in [-0.2, -0.15) is 0 Å². The SMILES string of the molecule is O=C(NCCc1ccccc1)c1ccc(CN2CC(=O)N3CCC[C@@H]3C2=O)cc1. The maximum Gasteiger partial charge on any atom is 0.251 e. The Labute approximate surface area is 170 Å². The van der Waals surface area contributed by atoms with Crippen LogP contribution < -0.4 is 5.32 Å². The standard InChI is InChI=1S/C23H25N3O3/c27-21-16-25(23(29)20-7-4-14-26(20)21)15-18-8-10-19(11-9-18)22(28)24-13-12-17-5-2-1-3-6-17/h1-3,5-6,8-11,20H,4,7,12-16H2,(H,24,28)/t20-/m1/s1. The first-order valence-corrected chi connectivity index (χ1v) is 10.1. The summed E-state index contributed by atoms with van der Waals surface area (Å²) in [6, 6.07) is 17.0. The minimum absolute atomic E-state index is 0.0292. The Balaban J connectivity index is 1.31. The molecule has 2 fully saturated rings. The van der Waals surface area contributed by atoms with Crippen molar-refractivity contribution in [1.29, 1.82) is 0 Å². The number of hydrogen-bond donors (Lipinski definition) is 1. The topological polar surface area (TPSA) is 69.7 Å². The molecular formula is C23H25N3O3. The third-order valence-electron chi connectivity index (χ3n) is 5.63. The van der Waals surface area contributed by atoms with Crippen LogP contribution in [0.15, 0.2) is 54.6 Å². The van der Waals surface area contributed by atoms with Crippen LogP contribution in [0.5, 0.6) is 0 Å². The van der Waals surface area contributed by atoms with Crippen LogP contribution in [0.2, 0.25) is 0 Å². The molecule has 2 aliphatic rings. The van der Waals surface area contributed by atoms with Gasteiger partial charge in [0, 0.05) is 25.2 Å².